The van der Waals surface area contributed by atoms with Crippen LogP contribution in [0.1, 0.15) is 49.7 Å². The summed E-state index contributed by atoms with van der Waals surface area (Å²) in [6.07, 6.45) is -8.64. The molecule has 214 valence electrons. The van der Waals surface area contributed by atoms with Crippen LogP contribution >= 0.6 is 0 Å². The summed E-state index contributed by atoms with van der Waals surface area (Å²) in [4.78, 5) is 14.7. The maximum Gasteiger partial charge on any atom is 0.430 e. The van der Waals surface area contributed by atoms with E-state index >= 15 is 4.39 Å². The van der Waals surface area contributed by atoms with Crippen LogP contribution in [0.25, 0.3) is 0 Å². The molecule has 0 radical (unpaired) electrons. The molecular formula is C26H25F8NO3S. The molecule has 1 saturated carbocycles. The Morgan fingerprint density at radius 2 is 1.51 bits per heavy atom. The van der Waals surface area contributed by atoms with Gasteiger partial charge in [-0.2, -0.15) is 26.3 Å². The van der Waals surface area contributed by atoms with Crippen LogP contribution in [0.3, 0.4) is 0 Å². The van der Waals surface area contributed by atoms with Crippen LogP contribution in [0.4, 0.5) is 35.1 Å². The van der Waals surface area contributed by atoms with Crippen LogP contribution in [0.15, 0.2) is 47.4 Å². The summed E-state index contributed by atoms with van der Waals surface area (Å²) in [5, 5.41) is 9.69. The van der Waals surface area contributed by atoms with Crippen molar-refractivity contribution in [1.82, 2.24) is 4.90 Å². The third kappa shape index (κ3) is 5.19. The van der Waals surface area contributed by atoms with Crippen molar-refractivity contribution in [3.8, 4) is 0 Å². The summed E-state index contributed by atoms with van der Waals surface area (Å²) in [5.74, 6) is -3.13. The molecule has 2 aromatic rings. The normalized spacial score (nSPS) is 22.2. The molecule has 1 aliphatic carbocycles. The van der Waals surface area contributed by atoms with Crippen LogP contribution in [0, 0.1) is 17.6 Å². The van der Waals surface area contributed by atoms with E-state index in [1.54, 1.807) is 0 Å². The molecule has 4 nitrogen and oxygen atoms in total. The number of rotatable bonds is 5. The Labute approximate surface area is 221 Å². The van der Waals surface area contributed by atoms with Crippen molar-refractivity contribution in [2.75, 3.05) is 13.1 Å². The van der Waals surface area contributed by atoms with Crippen LogP contribution in [0.5, 0.6) is 0 Å². The number of alkyl halides is 6. The van der Waals surface area contributed by atoms with E-state index in [-0.39, 0.29) is 47.9 Å². The van der Waals surface area contributed by atoms with Crippen LogP contribution < -0.4 is 0 Å². The van der Waals surface area contributed by atoms with E-state index < -0.39 is 50.7 Å². The first-order valence-corrected chi connectivity index (χ1v) is 13.4. The lowest BCUT2D eigenvalue weighted by Gasteiger charge is -2.34. The molecular weight excluding hydrogens is 558 g/mol. The van der Waals surface area contributed by atoms with Gasteiger partial charge in [-0.05, 0) is 55.2 Å². The molecule has 1 aliphatic heterocycles. The lowest BCUT2D eigenvalue weighted by molar-refractivity contribution is -0.377. The number of benzene rings is 2. The van der Waals surface area contributed by atoms with Crippen molar-refractivity contribution >= 4 is 16.7 Å². The number of amides is 1. The number of nitrogens with zero attached hydrogens (tertiary/aromatic N) is 1. The van der Waals surface area contributed by atoms with Gasteiger partial charge in [0.15, 0.2) is 0 Å². The van der Waals surface area contributed by atoms with Crippen molar-refractivity contribution in [1.29, 1.82) is 0 Å². The highest BCUT2D eigenvalue weighted by Crippen LogP contribution is 2.51. The number of aliphatic hydroxyl groups is 1. The van der Waals surface area contributed by atoms with Gasteiger partial charge in [-0.1, -0.05) is 31.4 Å². The van der Waals surface area contributed by atoms with E-state index in [4.69, 9.17) is 0 Å². The highest BCUT2D eigenvalue weighted by molar-refractivity contribution is 7.86. The lowest BCUT2D eigenvalue weighted by Crippen LogP contribution is -2.54. The topological polar surface area (TPSA) is 57.6 Å². The molecule has 1 saturated heterocycles. The second kappa shape index (κ2) is 10.5. The third-order valence-electron chi connectivity index (χ3n) is 7.59. The van der Waals surface area contributed by atoms with E-state index in [1.807, 2.05) is 0 Å². The number of halogens is 8. The average molecular weight is 584 g/mol. The summed E-state index contributed by atoms with van der Waals surface area (Å²) < 4.78 is 121. The fourth-order valence-corrected chi connectivity index (χ4v) is 7.14. The maximum atomic E-state index is 15.1. The molecule has 0 spiro atoms. The number of carbonyl (C=O) groups is 1. The lowest BCUT2D eigenvalue weighted by atomic mass is 9.88. The van der Waals surface area contributed by atoms with Gasteiger partial charge in [-0.3, -0.25) is 9.00 Å². The minimum atomic E-state index is -6.29. The molecule has 2 fully saturated rings. The Bertz CT molecular complexity index is 1230. The zero-order valence-corrected chi connectivity index (χ0v) is 21.2. The molecule has 2 aliphatic rings. The minimum absolute atomic E-state index is 0.0446. The van der Waals surface area contributed by atoms with Gasteiger partial charge in [-0.15, -0.1) is 0 Å². The van der Waals surface area contributed by atoms with Crippen molar-refractivity contribution in [2.24, 2.45) is 5.92 Å². The third-order valence-corrected chi connectivity index (χ3v) is 9.57. The Morgan fingerprint density at radius 1 is 0.923 bits per heavy atom. The van der Waals surface area contributed by atoms with Gasteiger partial charge in [0.25, 0.3) is 5.60 Å². The largest absolute Gasteiger partial charge is 0.430 e. The van der Waals surface area contributed by atoms with E-state index in [2.05, 4.69) is 0 Å². The highest BCUT2D eigenvalue weighted by Gasteiger charge is 2.72. The van der Waals surface area contributed by atoms with Crippen LogP contribution in [0.2, 0.25) is 0 Å². The van der Waals surface area contributed by atoms with Crippen molar-refractivity contribution in [3.63, 3.8) is 0 Å². The molecule has 2 aromatic carbocycles. The number of likely N-dealkylation sites (tertiary alicyclic amines) is 1. The second-order valence-corrected chi connectivity index (χ2v) is 11.8. The minimum Gasteiger partial charge on any atom is -0.369 e. The van der Waals surface area contributed by atoms with Gasteiger partial charge in [0.1, 0.15) is 11.6 Å². The fourth-order valence-electron chi connectivity index (χ4n) is 5.41. The molecule has 0 aromatic heterocycles. The average Bonchev–Trinajstić information content (AvgIpc) is 3.33. The van der Waals surface area contributed by atoms with Gasteiger partial charge < -0.3 is 10.0 Å². The van der Waals surface area contributed by atoms with Crippen molar-refractivity contribution in [2.45, 2.75) is 66.1 Å². The first-order chi connectivity index (χ1) is 18.1. The van der Waals surface area contributed by atoms with E-state index in [9.17, 15) is 44.8 Å². The van der Waals surface area contributed by atoms with Crippen molar-refractivity contribution in [3.05, 3.63) is 65.2 Å². The second-order valence-electron chi connectivity index (χ2n) is 9.96. The number of carbonyl (C=O) groups excluding carboxylic acids is 1. The molecule has 4 rings (SSSR count). The Kier molecular flexibility index (Phi) is 7.89. The zero-order valence-electron chi connectivity index (χ0n) is 20.4. The summed E-state index contributed by atoms with van der Waals surface area (Å²) in [5.41, 5.74) is -7.75. The maximum absolute atomic E-state index is 15.1. The standard InChI is InChI=1S/C26H25F8NO3S/c27-18-7-9-19(10-8-18)39(38)23(12-13-35(15-23)22(36)16-4-2-1-3-5-16)17-6-11-20(21(28)14-17)24(37,25(29,30)31)26(32,33)34/h6-11,14,16,37H,1-5,12-13,15H2/t23-,39?/m0/s1. The Hall–Kier alpha value is -2.54. The summed E-state index contributed by atoms with van der Waals surface area (Å²) >= 11 is 0. The molecule has 39 heavy (non-hydrogen) atoms. The first-order valence-electron chi connectivity index (χ1n) is 12.2. The number of hydrogen-bond acceptors (Lipinski definition) is 3. The predicted molar refractivity (Wildman–Crippen MR) is 125 cm³/mol. The molecule has 0 bridgehead atoms. The monoisotopic (exact) mass is 583 g/mol. The predicted octanol–water partition coefficient (Wildman–Crippen LogP) is 6.09. The quantitative estimate of drug-likeness (QED) is 0.434. The first kappa shape index (κ1) is 29.4. The van der Waals surface area contributed by atoms with Crippen LogP contribution in [-0.2, 0) is 25.9 Å². The van der Waals surface area contributed by atoms with Gasteiger partial charge in [0.05, 0.1) is 15.5 Å². The molecule has 1 heterocycles. The van der Waals surface area contributed by atoms with Gasteiger partial charge in [0.2, 0.25) is 5.91 Å². The molecule has 13 heteroatoms. The fraction of sp³-hybridized carbons (Fsp3) is 0.500. The summed E-state index contributed by atoms with van der Waals surface area (Å²) in [7, 11) is -2.12. The van der Waals surface area contributed by atoms with Gasteiger partial charge in [0, 0.05) is 29.5 Å². The molecule has 2 atom stereocenters. The summed E-state index contributed by atoms with van der Waals surface area (Å²) in [6.45, 7) is -0.172. The Balaban J connectivity index is 1.79. The molecule has 1 amide bonds. The Morgan fingerprint density at radius 3 is 2.05 bits per heavy atom. The smallest absolute Gasteiger partial charge is 0.369 e. The summed E-state index contributed by atoms with van der Waals surface area (Å²) in [6, 6.07) is 5.80. The molecule has 1 unspecified atom stereocenters. The van der Waals surface area contributed by atoms with E-state index in [0.29, 0.717) is 18.9 Å². The number of hydrogen-bond donors (Lipinski definition) is 1. The van der Waals surface area contributed by atoms with E-state index in [1.165, 1.54) is 17.0 Å². The highest BCUT2D eigenvalue weighted by atomic mass is 32.2. The molecule has 1 N–H and O–H groups in total. The SMILES string of the molecule is O=C(C1CCCCC1)N1CC[C@](c2ccc(C(O)(C(F)(F)F)C(F)(F)F)c(F)c2)(S(=O)c2ccc(F)cc2)C1. The van der Waals surface area contributed by atoms with Crippen LogP contribution in [-0.4, -0.2) is 45.6 Å². The van der Waals surface area contributed by atoms with Gasteiger partial charge in [-0.25, -0.2) is 8.78 Å². The van der Waals surface area contributed by atoms with Gasteiger partial charge >= 0.3 is 12.4 Å². The van der Waals surface area contributed by atoms with Crippen molar-refractivity contribution < 1.29 is 49.2 Å². The zero-order chi connectivity index (χ0) is 28.8. The van der Waals surface area contributed by atoms with E-state index in [0.717, 1.165) is 37.5 Å².